The highest BCUT2D eigenvalue weighted by molar-refractivity contribution is 8.01. The molecule has 1 aromatic carbocycles. The number of nitrogens with one attached hydrogen (secondary N) is 1. The molecule has 0 spiro atoms. The van der Waals surface area contributed by atoms with E-state index in [0.717, 1.165) is 19.4 Å². The largest absolute Gasteiger partial charge is 0.573 e. The third-order valence-corrected chi connectivity index (χ3v) is 7.44. The van der Waals surface area contributed by atoms with Crippen molar-refractivity contribution in [2.75, 3.05) is 17.6 Å². The summed E-state index contributed by atoms with van der Waals surface area (Å²) in [6.45, 7) is 0.763. The third kappa shape index (κ3) is 5.89. The highest BCUT2D eigenvalue weighted by atomic mass is 32.2. The minimum atomic E-state index is -4.73. The Morgan fingerprint density at radius 3 is 2.77 bits per heavy atom. The number of carbonyl (C=O) groups is 1. The van der Waals surface area contributed by atoms with Crippen LogP contribution in [0.2, 0.25) is 0 Å². The lowest BCUT2D eigenvalue weighted by Crippen LogP contribution is -2.31. The van der Waals surface area contributed by atoms with Crippen LogP contribution in [0.15, 0.2) is 46.1 Å². The van der Waals surface area contributed by atoms with E-state index in [0.29, 0.717) is 15.2 Å². The lowest BCUT2D eigenvalue weighted by Gasteiger charge is -2.23. The highest BCUT2D eigenvalue weighted by Crippen LogP contribution is 2.36. The fraction of sp³-hybridized carbons (Fsp3) is 0.316. The summed E-state index contributed by atoms with van der Waals surface area (Å²) in [5.41, 5.74) is 0.550. The predicted octanol–water partition coefficient (Wildman–Crippen LogP) is 5.70. The van der Waals surface area contributed by atoms with Gasteiger partial charge >= 0.3 is 6.36 Å². The van der Waals surface area contributed by atoms with Gasteiger partial charge in [-0.15, -0.1) is 34.7 Å². The molecule has 1 amide bonds. The zero-order valence-electron chi connectivity index (χ0n) is 16.0. The first kappa shape index (κ1) is 21.9. The molecule has 1 unspecified atom stereocenters. The number of ether oxygens (including phenoxy) is 1. The molecule has 0 radical (unpaired) electrons. The summed E-state index contributed by atoms with van der Waals surface area (Å²) in [5.74, 6) is 0.0543. The maximum Gasteiger partial charge on any atom is 0.573 e. The molecule has 0 aliphatic carbocycles. The lowest BCUT2D eigenvalue weighted by atomic mass is 10.2. The predicted molar refractivity (Wildman–Crippen MR) is 115 cm³/mol. The SMILES string of the molecule is O=C(CSc1nnc(Nc2ccc(OC(F)(F)F)cc2)s1)N1CCCC1c1cccs1. The number of nitrogens with zero attached hydrogens (tertiary/aromatic N) is 3. The number of anilines is 2. The summed E-state index contributed by atoms with van der Waals surface area (Å²) in [6.07, 6.45) is -2.74. The fourth-order valence-electron chi connectivity index (χ4n) is 3.23. The maximum atomic E-state index is 12.7. The van der Waals surface area contributed by atoms with Gasteiger partial charge in [0.25, 0.3) is 0 Å². The van der Waals surface area contributed by atoms with Crippen LogP contribution in [0.25, 0.3) is 0 Å². The molecule has 1 aliphatic heterocycles. The maximum absolute atomic E-state index is 12.7. The number of aromatic nitrogens is 2. The zero-order chi connectivity index (χ0) is 21.8. The Bertz CT molecular complexity index is 1010. The van der Waals surface area contributed by atoms with Crippen LogP contribution in [0.1, 0.15) is 23.8 Å². The van der Waals surface area contributed by atoms with E-state index in [-0.39, 0.29) is 23.5 Å². The molecular formula is C19H17F3N4O2S3. The highest BCUT2D eigenvalue weighted by Gasteiger charge is 2.31. The summed E-state index contributed by atoms with van der Waals surface area (Å²) in [6, 6.07) is 9.56. The van der Waals surface area contributed by atoms with Gasteiger partial charge in [0.2, 0.25) is 11.0 Å². The van der Waals surface area contributed by atoms with Crippen LogP contribution in [-0.2, 0) is 4.79 Å². The Kier molecular flexibility index (Phi) is 6.68. The molecule has 1 saturated heterocycles. The van der Waals surface area contributed by atoms with Crippen molar-refractivity contribution in [1.82, 2.24) is 15.1 Å². The third-order valence-electron chi connectivity index (χ3n) is 4.51. The van der Waals surface area contributed by atoms with Gasteiger partial charge in [0, 0.05) is 17.1 Å². The first-order valence-corrected chi connectivity index (χ1v) is 12.0. The van der Waals surface area contributed by atoms with Crippen LogP contribution in [-0.4, -0.2) is 39.7 Å². The number of thioether (sulfide) groups is 1. The van der Waals surface area contributed by atoms with E-state index in [1.165, 1.54) is 52.2 Å². The number of alkyl halides is 3. The second kappa shape index (κ2) is 9.45. The lowest BCUT2D eigenvalue weighted by molar-refractivity contribution is -0.274. The minimum absolute atomic E-state index is 0.0749. The fourth-order valence-corrected chi connectivity index (χ4v) is 5.76. The van der Waals surface area contributed by atoms with E-state index in [9.17, 15) is 18.0 Å². The Morgan fingerprint density at radius 2 is 2.06 bits per heavy atom. The summed E-state index contributed by atoms with van der Waals surface area (Å²) in [7, 11) is 0. The Labute approximate surface area is 188 Å². The first-order chi connectivity index (χ1) is 14.9. The van der Waals surface area contributed by atoms with Gasteiger partial charge in [0.15, 0.2) is 4.34 Å². The van der Waals surface area contributed by atoms with Crippen LogP contribution in [0, 0.1) is 0 Å². The molecule has 3 aromatic rings. The monoisotopic (exact) mass is 486 g/mol. The van der Waals surface area contributed by atoms with Gasteiger partial charge in [-0.1, -0.05) is 29.2 Å². The number of halogens is 3. The van der Waals surface area contributed by atoms with Gasteiger partial charge < -0.3 is 15.0 Å². The van der Waals surface area contributed by atoms with Crippen molar-refractivity contribution >= 4 is 51.2 Å². The van der Waals surface area contributed by atoms with Crippen molar-refractivity contribution in [2.45, 2.75) is 29.6 Å². The molecule has 0 bridgehead atoms. The zero-order valence-corrected chi connectivity index (χ0v) is 18.4. The second-order valence-corrected chi connectivity index (χ2v) is 9.80. The molecule has 164 valence electrons. The average Bonchev–Trinajstić information content (AvgIpc) is 3.47. The first-order valence-electron chi connectivity index (χ1n) is 9.29. The van der Waals surface area contributed by atoms with Gasteiger partial charge in [-0.05, 0) is 48.6 Å². The van der Waals surface area contributed by atoms with Gasteiger partial charge in [0.05, 0.1) is 11.8 Å². The van der Waals surface area contributed by atoms with E-state index in [4.69, 9.17) is 0 Å². The molecule has 0 saturated carbocycles. The van der Waals surface area contributed by atoms with Gasteiger partial charge in [-0.25, -0.2) is 0 Å². The Hall–Kier alpha value is -2.31. The summed E-state index contributed by atoms with van der Waals surface area (Å²) in [5, 5.41) is 13.6. The number of hydrogen-bond donors (Lipinski definition) is 1. The number of amides is 1. The number of hydrogen-bond acceptors (Lipinski definition) is 8. The molecule has 1 fully saturated rings. The van der Waals surface area contributed by atoms with Gasteiger partial charge in [0.1, 0.15) is 5.75 Å². The number of thiophene rings is 1. The molecule has 1 N–H and O–H groups in total. The molecule has 1 aliphatic rings. The second-order valence-electron chi connectivity index (χ2n) is 6.62. The van der Waals surface area contributed by atoms with Crippen molar-refractivity contribution in [3.05, 3.63) is 46.7 Å². The summed E-state index contributed by atoms with van der Waals surface area (Å²) >= 11 is 4.27. The van der Waals surface area contributed by atoms with Crippen molar-refractivity contribution in [1.29, 1.82) is 0 Å². The topological polar surface area (TPSA) is 67.3 Å². The van der Waals surface area contributed by atoms with E-state index >= 15 is 0 Å². The van der Waals surface area contributed by atoms with Crippen LogP contribution in [0.4, 0.5) is 24.0 Å². The van der Waals surface area contributed by atoms with Crippen molar-refractivity contribution < 1.29 is 22.7 Å². The van der Waals surface area contributed by atoms with Crippen molar-refractivity contribution in [3.63, 3.8) is 0 Å². The smallest absolute Gasteiger partial charge is 0.406 e. The Morgan fingerprint density at radius 1 is 1.26 bits per heavy atom. The van der Waals surface area contributed by atoms with Gasteiger partial charge in [-0.3, -0.25) is 4.79 Å². The van der Waals surface area contributed by atoms with Crippen LogP contribution in [0.5, 0.6) is 5.75 Å². The van der Waals surface area contributed by atoms with E-state index in [1.54, 1.807) is 11.3 Å². The molecule has 3 heterocycles. The van der Waals surface area contributed by atoms with Gasteiger partial charge in [-0.2, -0.15) is 0 Å². The number of rotatable bonds is 7. The number of likely N-dealkylation sites (tertiary alicyclic amines) is 1. The Balaban J connectivity index is 1.29. The number of carbonyl (C=O) groups excluding carboxylic acids is 1. The standard InChI is InChI=1S/C19H17F3N4O2S3/c20-19(21,22)28-13-7-5-12(6-8-13)23-17-24-25-18(31-17)30-11-16(27)26-9-1-3-14(26)15-4-2-10-29-15/h2,4-8,10,14H,1,3,9,11H2,(H,23,24). The van der Waals surface area contributed by atoms with Crippen LogP contribution >= 0.6 is 34.4 Å². The summed E-state index contributed by atoms with van der Waals surface area (Å²) < 4.78 is 41.2. The van der Waals surface area contributed by atoms with E-state index in [2.05, 4.69) is 26.3 Å². The molecule has 1 atom stereocenters. The van der Waals surface area contributed by atoms with Crippen molar-refractivity contribution in [2.24, 2.45) is 0 Å². The summed E-state index contributed by atoms with van der Waals surface area (Å²) in [4.78, 5) is 15.9. The number of benzene rings is 1. The van der Waals surface area contributed by atoms with E-state index in [1.807, 2.05) is 16.3 Å². The van der Waals surface area contributed by atoms with E-state index < -0.39 is 6.36 Å². The van der Waals surface area contributed by atoms with Crippen LogP contribution < -0.4 is 10.1 Å². The molecule has 12 heteroatoms. The van der Waals surface area contributed by atoms with Crippen molar-refractivity contribution in [3.8, 4) is 5.75 Å². The molecule has 6 nitrogen and oxygen atoms in total. The minimum Gasteiger partial charge on any atom is -0.406 e. The molecule has 31 heavy (non-hydrogen) atoms. The normalized spacial score (nSPS) is 16.5. The molecule has 4 rings (SSSR count). The van der Waals surface area contributed by atoms with Crippen LogP contribution in [0.3, 0.4) is 0 Å². The quantitative estimate of drug-likeness (QED) is 0.432. The molecular weight excluding hydrogens is 469 g/mol. The average molecular weight is 487 g/mol. The molecule has 2 aromatic heterocycles.